The van der Waals surface area contributed by atoms with E-state index in [0.717, 1.165) is 24.1 Å². The van der Waals surface area contributed by atoms with Gasteiger partial charge in [0.1, 0.15) is 0 Å². The number of fused-ring (bicyclic) bond motifs is 1. The van der Waals surface area contributed by atoms with Crippen molar-refractivity contribution in [1.82, 2.24) is 4.31 Å². The lowest BCUT2D eigenvalue weighted by molar-refractivity contribution is 0.422. The summed E-state index contributed by atoms with van der Waals surface area (Å²) in [5.41, 5.74) is 3.33. The first kappa shape index (κ1) is 14.3. The molecule has 0 atom stereocenters. The third-order valence-electron chi connectivity index (χ3n) is 3.52. The first-order chi connectivity index (χ1) is 9.04. The van der Waals surface area contributed by atoms with E-state index >= 15 is 0 Å². The molecule has 0 spiro atoms. The Balaban J connectivity index is 2.23. The molecule has 106 valence electrons. The third-order valence-corrected chi connectivity index (χ3v) is 5.42. The van der Waals surface area contributed by atoms with Crippen LogP contribution in [-0.4, -0.2) is 31.6 Å². The van der Waals surface area contributed by atoms with Crippen molar-refractivity contribution >= 4 is 15.7 Å². The summed E-state index contributed by atoms with van der Waals surface area (Å²) in [5, 5.41) is 3.35. The largest absolute Gasteiger partial charge is 0.383 e. The van der Waals surface area contributed by atoms with Crippen LogP contribution < -0.4 is 5.32 Å². The van der Waals surface area contributed by atoms with E-state index in [1.807, 2.05) is 32.0 Å². The molecular formula is C14H22N2O2S. The van der Waals surface area contributed by atoms with Crippen LogP contribution in [-0.2, 0) is 16.6 Å². The summed E-state index contributed by atoms with van der Waals surface area (Å²) in [7, 11) is -3.13. The highest BCUT2D eigenvalue weighted by Gasteiger charge is 2.24. The monoisotopic (exact) mass is 282 g/mol. The fourth-order valence-corrected chi connectivity index (χ4v) is 4.00. The van der Waals surface area contributed by atoms with Crippen LogP contribution in [0.5, 0.6) is 0 Å². The van der Waals surface area contributed by atoms with E-state index in [1.165, 1.54) is 5.56 Å². The molecule has 0 radical (unpaired) electrons. The molecule has 0 saturated heterocycles. The molecule has 4 nitrogen and oxygen atoms in total. The average molecular weight is 282 g/mol. The van der Waals surface area contributed by atoms with E-state index in [9.17, 15) is 8.42 Å². The van der Waals surface area contributed by atoms with E-state index in [4.69, 9.17) is 0 Å². The molecular weight excluding hydrogens is 260 g/mol. The van der Waals surface area contributed by atoms with Crippen molar-refractivity contribution in [1.29, 1.82) is 0 Å². The Morgan fingerprint density at radius 3 is 2.89 bits per heavy atom. The molecule has 0 bridgehead atoms. The number of rotatable bonds is 4. The van der Waals surface area contributed by atoms with Gasteiger partial charge in [0.2, 0.25) is 10.0 Å². The molecule has 0 unspecified atom stereocenters. The van der Waals surface area contributed by atoms with Crippen molar-refractivity contribution < 1.29 is 8.42 Å². The second-order valence-corrected chi connectivity index (χ2v) is 7.13. The smallest absolute Gasteiger partial charge is 0.214 e. The fourth-order valence-electron chi connectivity index (χ4n) is 2.38. The fraction of sp³-hybridized carbons (Fsp3) is 0.571. The lowest BCUT2D eigenvalue weighted by atomic mass is 10.1. The molecule has 1 aromatic rings. The standard InChI is InChI=1S/C14H22N2O2S/c1-3-4-10-19(17,18)16-9-8-15-14-12(2)6-5-7-13(14)11-16/h5-7,15H,3-4,8-11H2,1-2H3. The highest BCUT2D eigenvalue weighted by Crippen LogP contribution is 2.25. The number of nitrogens with one attached hydrogen (secondary N) is 1. The summed E-state index contributed by atoms with van der Waals surface area (Å²) in [6.07, 6.45) is 1.63. The van der Waals surface area contributed by atoms with Gasteiger partial charge < -0.3 is 5.32 Å². The van der Waals surface area contributed by atoms with Gasteiger partial charge >= 0.3 is 0 Å². The second-order valence-electron chi connectivity index (χ2n) is 5.04. The van der Waals surface area contributed by atoms with Gasteiger partial charge in [0.15, 0.2) is 0 Å². The predicted molar refractivity (Wildman–Crippen MR) is 78.8 cm³/mol. The van der Waals surface area contributed by atoms with Gasteiger partial charge in [-0.2, -0.15) is 4.31 Å². The number of aryl methyl sites for hydroxylation is 1. The van der Waals surface area contributed by atoms with Crippen LogP contribution in [0.2, 0.25) is 0 Å². The van der Waals surface area contributed by atoms with Crippen LogP contribution in [0.15, 0.2) is 18.2 Å². The number of hydrogen-bond acceptors (Lipinski definition) is 3. The van der Waals surface area contributed by atoms with Crippen molar-refractivity contribution in [3.05, 3.63) is 29.3 Å². The molecule has 1 N–H and O–H groups in total. The zero-order valence-corrected chi connectivity index (χ0v) is 12.5. The maximum atomic E-state index is 12.3. The number of sulfonamides is 1. The maximum absolute atomic E-state index is 12.3. The van der Waals surface area contributed by atoms with Gasteiger partial charge in [-0.15, -0.1) is 0 Å². The van der Waals surface area contributed by atoms with Crippen molar-refractivity contribution in [2.24, 2.45) is 0 Å². The van der Waals surface area contributed by atoms with Gasteiger partial charge in [0, 0.05) is 25.3 Å². The molecule has 0 saturated carbocycles. The lowest BCUT2D eigenvalue weighted by Gasteiger charge is -2.19. The van der Waals surface area contributed by atoms with Crippen molar-refractivity contribution in [2.75, 3.05) is 24.2 Å². The highest BCUT2D eigenvalue weighted by atomic mass is 32.2. The van der Waals surface area contributed by atoms with Gasteiger partial charge in [0.25, 0.3) is 0 Å². The normalized spacial score (nSPS) is 16.5. The summed E-state index contributed by atoms with van der Waals surface area (Å²) >= 11 is 0. The molecule has 0 aromatic heterocycles. The summed E-state index contributed by atoms with van der Waals surface area (Å²) in [6.45, 7) is 5.75. The number of nitrogens with zero attached hydrogens (tertiary/aromatic N) is 1. The molecule has 19 heavy (non-hydrogen) atoms. The minimum absolute atomic E-state index is 0.255. The minimum Gasteiger partial charge on any atom is -0.383 e. The van der Waals surface area contributed by atoms with Gasteiger partial charge in [-0.05, 0) is 24.5 Å². The van der Waals surface area contributed by atoms with E-state index < -0.39 is 10.0 Å². The van der Waals surface area contributed by atoms with Gasteiger partial charge in [-0.25, -0.2) is 8.42 Å². The number of hydrogen-bond donors (Lipinski definition) is 1. The molecule has 0 fully saturated rings. The molecule has 5 heteroatoms. The van der Waals surface area contributed by atoms with Gasteiger partial charge in [0.05, 0.1) is 5.75 Å². The van der Waals surface area contributed by atoms with Gasteiger partial charge in [-0.1, -0.05) is 31.5 Å². The highest BCUT2D eigenvalue weighted by molar-refractivity contribution is 7.89. The third kappa shape index (κ3) is 3.28. The Morgan fingerprint density at radius 2 is 2.16 bits per heavy atom. The summed E-state index contributed by atoms with van der Waals surface area (Å²) in [6, 6.07) is 6.04. The summed E-state index contributed by atoms with van der Waals surface area (Å²) in [5.74, 6) is 0.255. The zero-order chi connectivity index (χ0) is 13.9. The zero-order valence-electron chi connectivity index (χ0n) is 11.6. The molecule has 1 aliphatic heterocycles. The molecule has 1 aliphatic rings. The SMILES string of the molecule is CCCCS(=O)(=O)N1CCNc2c(C)cccc2C1. The lowest BCUT2D eigenvalue weighted by Crippen LogP contribution is -2.34. The van der Waals surface area contributed by atoms with E-state index in [2.05, 4.69) is 5.32 Å². The average Bonchev–Trinajstić information content (AvgIpc) is 2.60. The molecule has 2 rings (SSSR count). The maximum Gasteiger partial charge on any atom is 0.214 e. The van der Waals surface area contributed by atoms with Crippen LogP contribution in [0.1, 0.15) is 30.9 Å². The van der Waals surface area contributed by atoms with Gasteiger partial charge in [-0.3, -0.25) is 0 Å². The number of unbranched alkanes of at least 4 members (excludes halogenated alkanes) is 1. The number of anilines is 1. The van der Waals surface area contributed by atoms with Crippen molar-refractivity contribution in [2.45, 2.75) is 33.2 Å². The summed E-state index contributed by atoms with van der Waals surface area (Å²) < 4.78 is 26.2. The van der Waals surface area contributed by atoms with Crippen molar-refractivity contribution in [3.8, 4) is 0 Å². The Kier molecular flexibility index (Phi) is 4.47. The molecule has 0 amide bonds. The van der Waals surface area contributed by atoms with E-state index in [0.29, 0.717) is 19.6 Å². The van der Waals surface area contributed by atoms with Crippen LogP contribution in [0, 0.1) is 6.92 Å². The minimum atomic E-state index is -3.13. The molecule has 1 aromatic carbocycles. The predicted octanol–water partition coefficient (Wildman–Crippen LogP) is 2.35. The first-order valence-corrected chi connectivity index (χ1v) is 8.45. The second kappa shape index (κ2) is 5.92. The van der Waals surface area contributed by atoms with Crippen LogP contribution in [0.4, 0.5) is 5.69 Å². The first-order valence-electron chi connectivity index (χ1n) is 6.85. The number of benzene rings is 1. The Morgan fingerprint density at radius 1 is 1.37 bits per heavy atom. The van der Waals surface area contributed by atoms with E-state index in [1.54, 1.807) is 4.31 Å². The quantitative estimate of drug-likeness (QED) is 0.922. The molecule has 0 aliphatic carbocycles. The molecule has 1 heterocycles. The van der Waals surface area contributed by atoms with Crippen LogP contribution >= 0.6 is 0 Å². The Labute approximate surface area is 115 Å². The van der Waals surface area contributed by atoms with E-state index in [-0.39, 0.29) is 5.75 Å². The van der Waals surface area contributed by atoms with Crippen LogP contribution in [0.25, 0.3) is 0 Å². The summed E-state index contributed by atoms with van der Waals surface area (Å²) in [4.78, 5) is 0. The number of para-hydroxylation sites is 1. The van der Waals surface area contributed by atoms with Crippen molar-refractivity contribution in [3.63, 3.8) is 0 Å². The topological polar surface area (TPSA) is 49.4 Å². The van der Waals surface area contributed by atoms with Crippen LogP contribution in [0.3, 0.4) is 0 Å². The Hall–Kier alpha value is -1.07. The Bertz CT molecular complexity index is 540.